The molecule has 0 unspecified atom stereocenters. The summed E-state index contributed by atoms with van der Waals surface area (Å²) in [7, 11) is 1.60. The van der Waals surface area contributed by atoms with Crippen molar-refractivity contribution in [3.63, 3.8) is 0 Å². The summed E-state index contributed by atoms with van der Waals surface area (Å²) in [6.45, 7) is -2.95. The highest BCUT2D eigenvalue weighted by Gasteiger charge is 2.33. The molecule has 3 aromatic rings. The van der Waals surface area contributed by atoms with Gasteiger partial charge in [-0.15, -0.1) is 0 Å². The van der Waals surface area contributed by atoms with E-state index in [0.717, 1.165) is 6.07 Å². The van der Waals surface area contributed by atoms with Gasteiger partial charge in [-0.25, -0.2) is 0 Å². The monoisotopic (exact) mass is 413 g/mol. The van der Waals surface area contributed by atoms with Gasteiger partial charge in [0.2, 0.25) is 11.7 Å². The second-order valence-electron chi connectivity index (χ2n) is 6.21. The van der Waals surface area contributed by atoms with E-state index in [4.69, 9.17) is 4.52 Å². The normalized spacial score (nSPS) is 12.0. The van der Waals surface area contributed by atoms with Crippen molar-refractivity contribution in [2.24, 2.45) is 0 Å². The third-order valence-electron chi connectivity index (χ3n) is 3.98. The van der Waals surface area contributed by atoms with E-state index in [1.165, 1.54) is 36.4 Å². The fourth-order valence-corrected chi connectivity index (χ4v) is 2.79. The van der Waals surface area contributed by atoms with E-state index in [1.807, 2.05) is 0 Å². The molecular formula is C19H16F5N3O2. The molecule has 0 bridgehead atoms. The van der Waals surface area contributed by atoms with Gasteiger partial charge in [-0.3, -0.25) is 4.90 Å². The zero-order valence-corrected chi connectivity index (χ0v) is 15.2. The Morgan fingerprint density at radius 1 is 1.03 bits per heavy atom. The van der Waals surface area contributed by atoms with Crippen molar-refractivity contribution in [1.29, 1.82) is 0 Å². The minimum absolute atomic E-state index is 0.00151. The molecule has 3 rings (SSSR count). The molecule has 0 saturated heterocycles. The number of para-hydroxylation sites is 1. The summed E-state index contributed by atoms with van der Waals surface area (Å²) >= 11 is 0. The number of nitrogens with zero attached hydrogens (tertiary/aromatic N) is 3. The molecule has 0 N–H and O–H groups in total. The van der Waals surface area contributed by atoms with E-state index in [0.29, 0.717) is 0 Å². The lowest BCUT2D eigenvalue weighted by atomic mass is 10.1. The second kappa shape index (κ2) is 8.56. The number of aromatic nitrogens is 2. The van der Waals surface area contributed by atoms with E-state index < -0.39 is 18.4 Å². The lowest BCUT2D eigenvalue weighted by molar-refractivity contribution is -0.138. The van der Waals surface area contributed by atoms with Crippen LogP contribution < -0.4 is 4.74 Å². The summed E-state index contributed by atoms with van der Waals surface area (Å²) in [6, 6.07) is 11.2. The molecule has 0 radical (unpaired) electrons. The largest absolute Gasteiger partial charge is 0.434 e. The molecule has 0 aliphatic carbocycles. The van der Waals surface area contributed by atoms with Crippen LogP contribution in [0.2, 0.25) is 0 Å². The highest BCUT2D eigenvalue weighted by atomic mass is 19.4. The first-order valence-electron chi connectivity index (χ1n) is 8.44. The molecule has 154 valence electrons. The Balaban J connectivity index is 1.73. The minimum Gasteiger partial charge on any atom is -0.434 e. The molecular weight excluding hydrogens is 397 g/mol. The molecule has 0 atom stereocenters. The van der Waals surface area contributed by atoms with Crippen LogP contribution in [-0.2, 0) is 19.3 Å². The first-order valence-corrected chi connectivity index (χ1v) is 8.44. The molecule has 29 heavy (non-hydrogen) atoms. The van der Waals surface area contributed by atoms with Crippen LogP contribution in [0.4, 0.5) is 22.0 Å². The van der Waals surface area contributed by atoms with Gasteiger partial charge >= 0.3 is 12.8 Å². The van der Waals surface area contributed by atoms with Crippen LogP contribution in [0.25, 0.3) is 11.4 Å². The number of ether oxygens (including phenoxy) is 1. The van der Waals surface area contributed by atoms with Crippen molar-refractivity contribution in [2.75, 3.05) is 7.05 Å². The van der Waals surface area contributed by atoms with Gasteiger partial charge in [0.15, 0.2) is 0 Å². The predicted molar refractivity (Wildman–Crippen MR) is 93.0 cm³/mol. The van der Waals surface area contributed by atoms with Crippen LogP contribution in [0.5, 0.6) is 5.75 Å². The smallest absolute Gasteiger partial charge is 0.416 e. The van der Waals surface area contributed by atoms with Gasteiger partial charge in [0.1, 0.15) is 5.75 Å². The van der Waals surface area contributed by atoms with Gasteiger partial charge < -0.3 is 9.26 Å². The minimum atomic E-state index is -4.45. The molecule has 0 aliphatic heterocycles. The van der Waals surface area contributed by atoms with Gasteiger partial charge in [0.05, 0.1) is 17.7 Å². The van der Waals surface area contributed by atoms with E-state index in [1.54, 1.807) is 18.0 Å². The van der Waals surface area contributed by atoms with Crippen molar-refractivity contribution in [2.45, 2.75) is 25.9 Å². The number of rotatable bonds is 7. The molecule has 1 heterocycles. The second-order valence-corrected chi connectivity index (χ2v) is 6.21. The van der Waals surface area contributed by atoms with E-state index >= 15 is 0 Å². The summed E-state index contributed by atoms with van der Waals surface area (Å²) < 4.78 is 74.0. The average molecular weight is 413 g/mol. The standard InChI is InChI=1S/C19H16F5N3O2/c1-27(10-12-6-2-4-8-14(12)19(22,23)24)11-16-25-17(26-29-16)13-7-3-5-9-15(13)28-18(20)21/h2-9,18H,10-11H2,1H3. The van der Waals surface area contributed by atoms with Crippen LogP contribution in [0.1, 0.15) is 17.0 Å². The maximum absolute atomic E-state index is 13.1. The van der Waals surface area contributed by atoms with Crippen LogP contribution in [-0.4, -0.2) is 28.7 Å². The zero-order valence-electron chi connectivity index (χ0n) is 15.2. The molecule has 0 aliphatic rings. The van der Waals surface area contributed by atoms with Crippen molar-refractivity contribution in [3.05, 3.63) is 65.5 Å². The van der Waals surface area contributed by atoms with Crippen LogP contribution in [0.3, 0.4) is 0 Å². The molecule has 1 aromatic heterocycles. The Morgan fingerprint density at radius 2 is 1.72 bits per heavy atom. The molecule has 2 aromatic carbocycles. The van der Waals surface area contributed by atoms with E-state index in [-0.39, 0.29) is 41.7 Å². The van der Waals surface area contributed by atoms with Gasteiger partial charge in [-0.05, 0) is 30.8 Å². The van der Waals surface area contributed by atoms with E-state index in [2.05, 4.69) is 14.9 Å². The van der Waals surface area contributed by atoms with Crippen LogP contribution >= 0.6 is 0 Å². The van der Waals surface area contributed by atoms with Crippen molar-refractivity contribution < 1.29 is 31.2 Å². The van der Waals surface area contributed by atoms with Gasteiger partial charge in [0, 0.05) is 6.54 Å². The maximum atomic E-state index is 13.1. The quantitative estimate of drug-likeness (QED) is 0.511. The highest BCUT2D eigenvalue weighted by Crippen LogP contribution is 2.32. The Morgan fingerprint density at radius 3 is 2.45 bits per heavy atom. The summed E-state index contributed by atoms with van der Waals surface area (Å²) in [5, 5.41) is 3.75. The van der Waals surface area contributed by atoms with Crippen LogP contribution in [0.15, 0.2) is 53.1 Å². The Labute approximate surface area is 162 Å². The fraction of sp³-hybridized carbons (Fsp3) is 0.263. The summed E-state index contributed by atoms with van der Waals surface area (Å²) in [6.07, 6.45) is -4.45. The summed E-state index contributed by atoms with van der Waals surface area (Å²) in [5.74, 6) is 0.0569. The van der Waals surface area contributed by atoms with Crippen LogP contribution in [0, 0.1) is 0 Å². The first kappa shape index (κ1) is 20.7. The molecule has 0 amide bonds. The SMILES string of the molecule is CN(Cc1nc(-c2ccccc2OC(F)F)no1)Cc1ccccc1C(F)(F)F. The lowest BCUT2D eigenvalue weighted by Crippen LogP contribution is -2.20. The van der Waals surface area contributed by atoms with Gasteiger partial charge in [-0.2, -0.15) is 26.9 Å². The zero-order chi connectivity index (χ0) is 21.0. The molecule has 0 fully saturated rings. The van der Waals surface area contributed by atoms with E-state index in [9.17, 15) is 22.0 Å². The topological polar surface area (TPSA) is 51.4 Å². The number of halogens is 5. The highest BCUT2D eigenvalue weighted by molar-refractivity contribution is 5.63. The third-order valence-corrected chi connectivity index (χ3v) is 3.98. The Bertz CT molecular complexity index is 959. The Kier molecular flexibility index (Phi) is 6.12. The molecule has 0 spiro atoms. The van der Waals surface area contributed by atoms with Gasteiger partial charge in [-0.1, -0.05) is 35.5 Å². The summed E-state index contributed by atoms with van der Waals surface area (Å²) in [5.41, 5.74) is -0.387. The molecule has 5 nitrogen and oxygen atoms in total. The van der Waals surface area contributed by atoms with Crippen molar-refractivity contribution >= 4 is 0 Å². The number of hydrogen-bond donors (Lipinski definition) is 0. The Hall–Kier alpha value is -3.01. The summed E-state index contributed by atoms with van der Waals surface area (Å²) in [4.78, 5) is 5.71. The maximum Gasteiger partial charge on any atom is 0.416 e. The lowest BCUT2D eigenvalue weighted by Gasteiger charge is -2.18. The fourth-order valence-electron chi connectivity index (χ4n) is 2.79. The van der Waals surface area contributed by atoms with Gasteiger partial charge in [0.25, 0.3) is 0 Å². The number of alkyl halides is 5. The predicted octanol–water partition coefficient (Wildman–Crippen LogP) is 4.99. The van der Waals surface area contributed by atoms with Crippen molar-refractivity contribution in [1.82, 2.24) is 15.0 Å². The first-order chi connectivity index (χ1) is 13.7. The molecule has 0 saturated carbocycles. The number of hydrogen-bond acceptors (Lipinski definition) is 5. The molecule has 10 heteroatoms. The van der Waals surface area contributed by atoms with Crippen molar-refractivity contribution in [3.8, 4) is 17.1 Å². The average Bonchev–Trinajstić information content (AvgIpc) is 3.09. The number of benzene rings is 2. The third kappa shape index (κ3) is 5.29.